The molecule has 0 saturated carbocycles. The van der Waals surface area contributed by atoms with Crippen molar-refractivity contribution in [1.82, 2.24) is 14.4 Å². The third-order valence-electron chi connectivity index (χ3n) is 5.75. The Bertz CT molecular complexity index is 1280. The van der Waals surface area contributed by atoms with Crippen molar-refractivity contribution in [3.8, 4) is 22.8 Å². The predicted molar refractivity (Wildman–Crippen MR) is 131 cm³/mol. The number of anilines is 2. The van der Waals surface area contributed by atoms with Gasteiger partial charge in [0.2, 0.25) is 5.95 Å². The summed E-state index contributed by atoms with van der Waals surface area (Å²) < 4.78 is 17.5. The lowest BCUT2D eigenvalue weighted by molar-refractivity contribution is -0.140. The van der Waals surface area contributed by atoms with Gasteiger partial charge in [-0.3, -0.25) is 9.20 Å². The molecule has 0 atom stereocenters. The average Bonchev–Trinajstić information content (AvgIpc) is 3.36. The highest BCUT2D eigenvalue weighted by Crippen LogP contribution is 2.33. The molecule has 0 aliphatic carbocycles. The smallest absolute Gasteiger partial charge is 0.305 e. The first-order valence-corrected chi connectivity index (χ1v) is 11.0. The van der Waals surface area contributed by atoms with Crippen LogP contribution in [0.25, 0.3) is 16.9 Å². The summed E-state index contributed by atoms with van der Waals surface area (Å²) in [5.74, 6) is 1.86. The average molecular weight is 461 g/mol. The fourth-order valence-electron chi connectivity index (χ4n) is 3.83. The summed E-state index contributed by atoms with van der Waals surface area (Å²) in [6.45, 7) is 0. The summed E-state index contributed by atoms with van der Waals surface area (Å²) in [7, 11) is 6.62. The van der Waals surface area contributed by atoms with Gasteiger partial charge in [-0.05, 0) is 48.7 Å². The zero-order valence-electron chi connectivity index (χ0n) is 19.8. The van der Waals surface area contributed by atoms with Gasteiger partial charge in [0.05, 0.1) is 27.0 Å². The second kappa shape index (κ2) is 10.2. The molecule has 2 aromatic heterocycles. The minimum atomic E-state index is -0.180. The number of esters is 1. The maximum atomic E-state index is 11.3. The van der Waals surface area contributed by atoms with E-state index in [-0.39, 0.29) is 5.97 Å². The number of imidazole rings is 1. The number of aromatic nitrogens is 3. The minimum absolute atomic E-state index is 0.180. The van der Waals surface area contributed by atoms with E-state index in [0.717, 1.165) is 41.4 Å². The molecule has 0 radical (unpaired) electrons. The standard InChI is InChI=1S/C26H28N4O4/c1-29(20-11-8-18(9-12-20)6-5-7-25(31)34-4)26-28-21(17-24-27-14-15-30(24)26)19-10-13-22(32-2)23(16-19)33-3/h8-17H,5-7H2,1-4H3. The molecule has 4 rings (SSSR count). The first-order chi connectivity index (χ1) is 16.5. The van der Waals surface area contributed by atoms with Gasteiger partial charge in [-0.2, -0.15) is 0 Å². The molecule has 0 bridgehead atoms. The number of fused-ring (bicyclic) bond motifs is 1. The van der Waals surface area contributed by atoms with E-state index in [2.05, 4.69) is 29.2 Å². The molecule has 0 spiro atoms. The van der Waals surface area contributed by atoms with Gasteiger partial charge in [0.15, 0.2) is 11.5 Å². The molecule has 2 heterocycles. The van der Waals surface area contributed by atoms with Crippen LogP contribution in [0.5, 0.6) is 11.5 Å². The first-order valence-electron chi connectivity index (χ1n) is 11.0. The van der Waals surface area contributed by atoms with E-state index in [1.54, 1.807) is 20.4 Å². The summed E-state index contributed by atoms with van der Waals surface area (Å²) in [4.78, 5) is 22.8. The topological polar surface area (TPSA) is 78.2 Å². The number of hydrogen-bond donors (Lipinski definition) is 0. The Kier molecular flexibility index (Phi) is 6.96. The van der Waals surface area contributed by atoms with Crippen LogP contribution in [-0.4, -0.2) is 48.7 Å². The third-order valence-corrected chi connectivity index (χ3v) is 5.75. The van der Waals surface area contributed by atoms with Crippen molar-refractivity contribution in [3.63, 3.8) is 0 Å². The quantitative estimate of drug-likeness (QED) is 0.336. The van der Waals surface area contributed by atoms with Crippen LogP contribution in [0.3, 0.4) is 0 Å². The molecule has 8 nitrogen and oxygen atoms in total. The normalized spacial score (nSPS) is 10.8. The summed E-state index contributed by atoms with van der Waals surface area (Å²) in [6.07, 6.45) is 5.65. The van der Waals surface area contributed by atoms with Crippen molar-refractivity contribution in [2.24, 2.45) is 0 Å². The number of rotatable bonds is 9. The van der Waals surface area contributed by atoms with Crippen molar-refractivity contribution in [2.45, 2.75) is 19.3 Å². The number of benzene rings is 2. The Morgan fingerprint density at radius 1 is 1.00 bits per heavy atom. The van der Waals surface area contributed by atoms with Crippen LogP contribution in [0.15, 0.2) is 60.9 Å². The first kappa shape index (κ1) is 23.1. The summed E-state index contributed by atoms with van der Waals surface area (Å²) >= 11 is 0. The molecular formula is C26H28N4O4. The molecule has 8 heteroatoms. The Labute approximate surface area is 198 Å². The van der Waals surface area contributed by atoms with Gasteiger partial charge in [0.1, 0.15) is 5.65 Å². The fourth-order valence-corrected chi connectivity index (χ4v) is 3.83. The SMILES string of the molecule is COC(=O)CCCc1ccc(N(C)c2nc(-c3ccc(OC)c(OC)c3)cc3nccn23)cc1. The monoisotopic (exact) mass is 460 g/mol. The molecule has 0 saturated heterocycles. The highest BCUT2D eigenvalue weighted by molar-refractivity contribution is 5.71. The van der Waals surface area contributed by atoms with E-state index in [1.165, 1.54) is 12.7 Å². The van der Waals surface area contributed by atoms with Crippen LogP contribution in [-0.2, 0) is 16.0 Å². The Morgan fingerprint density at radius 2 is 1.76 bits per heavy atom. The number of aryl methyl sites for hydroxylation is 1. The van der Waals surface area contributed by atoms with E-state index >= 15 is 0 Å². The Balaban J connectivity index is 1.63. The van der Waals surface area contributed by atoms with Crippen LogP contribution in [0.4, 0.5) is 11.6 Å². The molecule has 0 N–H and O–H groups in total. The molecule has 2 aromatic carbocycles. The maximum absolute atomic E-state index is 11.3. The van der Waals surface area contributed by atoms with Crippen molar-refractivity contribution in [1.29, 1.82) is 0 Å². The Morgan fingerprint density at radius 3 is 2.47 bits per heavy atom. The number of methoxy groups -OCH3 is 3. The molecule has 0 amide bonds. The van der Waals surface area contributed by atoms with Crippen LogP contribution in [0.1, 0.15) is 18.4 Å². The Hall–Kier alpha value is -4.07. The molecule has 4 aromatic rings. The van der Waals surface area contributed by atoms with E-state index in [0.29, 0.717) is 17.9 Å². The van der Waals surface area contributed by atoms with Gasteiger partial charge in [0, 0.05) is 43.2 Å². The second-order valence-electron chi connectivity index (χ2n) is 7.82. The third kappa shape index (κ3) is 4.80. The van der Waals surface area contributed by atoms with E-state index < -0.39 is 0 Å². The number of nitrogens with zero attached hydrogens (tertiary/aromatic N) is 4. The van der Waals surface area contributed by atoms with Crippen LogP contribution >= 0.6 is 0 Å². The minimum Gasteiger partial charge on any atom is -0.493 e. The van der Waals surface area contributed by atoms with E-state index in [4.69, 9.17) is 19.2 Å². The number of ether oxygens (including phenoxy) is 3. The zero-order chi connectivity index (χ0) is 24.1. The van der Waals surface area contributed by atoms with E-state index in [1.807, 2.05) is 46.8 Å². The van der Waals surface area contributed by atoms with Crippen LogP contribution in [0, 0.1) is 0 Å². The lowest BCUT2D eigenvalue weighted by Crippen LogP contribution is -2.15. The fraction of sp³-hybridized carbons (Fsp3) is 0.269. The van der Waals surface area contributed by atoms with Gasteiger partial charge in [-0.25, -0.2) is 9.97 Å². The molecule has 0 unspecified atom stereocenters. The van der Waals surface area contributed by atoms with Crippen LogP contribution < -0.4 is 14.4 Å². The molecule has 0 fully saturated rings. The summed E-state index contributed by atoms with van der Waals surface area (Å²) in [6, 6.07) is 15.9. The molecular weight excluding hydrogens is 432 g/mol. The summed E-state index contributed by atoms with van der Waals surface area (Å²) in [5.41, 5.74) is 4.63. The van der Waals surface area contributed by atoms with Crippen molar-refractivity contribution >= 4 is 23.3 Å². The second-order valence-corrected chi connectivity index (χ2v) is 7.82. The number of carbonyl (C=O) groups excluding carboxylic acids is 1. The largest absolute Gasteiger partial charge is 0.493 e. The van der Waals surface area contributed by atoms with Gasteiger partial charge >= 0.3 is 5.97 Å². The molecule has 0 aliphatic heterocycles. The van der Waals surface area contributed by atoms with Crippen molar-refractivity contribution < 1.29 is 19.0 Å². The predicted octanol–water partition coefficient (Wildman–Crippen LogP) is 4.68. The van der Waals surface area contributed by atoms with Gasteiger partial charge in [-0.1, -0.05) is 12.1 Å². The van der Waals surface area contributed by atoms with Crippen molar-refractivity contribution in [3.05, 3.63) is 66.5 Å². The molecule has 34 heavy (non-hydrogen) atoms. The van der Waals surface area contributed by atoms with Crippen LogP contribution in [0.2, 0.25) is 0 Å². The van der Waals surface area contributed by atoms with Gasteiger partial charge in [0.25, 0.3) is 0 Å². The van der Waals surface area contributed by atoms with Crippen molar-refractivity contribution in [2.75, 3.05) is 33.3 Å². The summed E-state index contributed by atoms with van der Waals surface area (Å²) in [5, 5.41) is 0. The molecule has 0 aliphatic rings. The maximum Gasteiger partial charge on any atom is 0.305 e. The lowest BCUT2D eigenvalue weighted by atomic mass is 10.1. The van der Waals surface area contributed by atoms with Gasteiger partial charge in [-0.15, -0.1) is 0 Å². The number of carbonyl (C=O) groups is 1. The number of hydrogen-bond acceptors (Lipinski definition) is 7. The van der Waals surface area contributed by atoms with E-state index in [9.17, 15) is 4.79 Å². The lowest BCUT2D eigenvalue weighted by Gasteiger charge is -2.21. The van der Waals surface area contributed by atoms with Gasteiger partial charge < -0.3 is 19.1 Å². The highest BCUT2D eigenvalue weighted by atomic mass is 16.5. The highest BCUT2D eigenvalue weighted by Gasteiger charge is 2.15. The zero-order valence-corrected chi connectivity index (χ0v) is 19.8. The molecule has 176 valence electrons.